The average Bonchev–Trinajstić information content (AvgIpc) is 2.46. The van der Waals surface area contributed by atoms with Crippen molar-refractivity contribution in [2.75, 3.05) is 0 Å². The second-order valence-electron chi connectivity index (χ2n) is 5.19. The summed E-state index contributed by atoms with van der Waals surface area (Å²) in [6, 6.07) is 18.1. The minimum atomic E-state index is 0.216. The van der Waals surface area contributed by atoms with Crippen LogP contribution < -0.4 is 0 Å². The van der Waals surface area contributed by atoms with E-state index in [1.807, 2.05) is 30.3 Å². The zero-order valence-corrected chi connectivity index (χ0v) is 11.6. The Morgan fingerprint density at radius 3 is 2.16 bits per heavy atom. The number of Topliss-reactive ketones (excluding diaryl/α,β-unsaturated/α-hetero) is 1. The SMILES string of the molecule is CC(C)c1ccc(CCC(=O)c2ccccc2)cc1. The molecule has 0 aliphatic heterocycles. The summed E-state index contributed by atoms with van der Waals surface area (Å²) in [5.41, 5.74) is 3.38. The Hall–Kier alpha value is -1.89. The fraction of sp³-hybridized carbons (Fsp3) is 0.278. The molecule has 2 aromatic rings. The van der Waals surface area contributed by atoms with Crippen molar-refractivity contribution in [3.63, 3.8) is 0 Å². The van der Waals surface area contributed by atoms with Crippen LogP contribution in [0.5, 0.6) is 0 Å². The Morgan fingerprint density at radius 2 is 1.58 bits per heavy atom. The van der Waals surface area contributed by atoms with Gasteiger partial charge in [0.15, 0.2) is 5.78 Å². The van der Waals surface area contributed by atoms with Crippen molar-refractivity contribution in [1.82, 2.24) is 0 Å². The molecule has 0 atom stereocenters. The molecule has 0 aliphatic rings. The number of ketones is 1. The van der Waals surface area contributed by atoms with Crippen LogP contribution in [-0.4, -0.2) is 5.78 Å². The van der Waals surface area contributed by atoms with Gasteiger partial charge in [-0.1, -0.05) is 68.4 Å². The second-order valence-corrected chi connectivity index (χ2v) is 5.19. The van der Waals surface area contributed by atoms with Crippen molar-refractivity contribution in [2.24, 2.45) is 0 Å². The van der Waals surface area contributed by atoms with E-state index in [0.29, 0.717) is 12.3 Å². The molecule has 0 N–H and O–H groups in total. The van der Waals surface area contributed by atoms with E-state index in [-0.39, 0.29) is 5.78 Å². The molecule has 0 unspecified atom stereocenters. The summed E-state index contributed by atoms with van der Waals surface area (Å²) < 4.78 is 0. The van der Waals surface area contributed by atoms with Crippen LogP contribution in [0.1, 0.15) is 47.7 Å². The number of hydrogen-bond acceptors (Lipinski definition) is 1. The molecule has 0 amide bonds. The third-order valence-corrected chi connectivity index (χ3v) is 3.38. The maximum absolute atomic E-state index is 12.0. The summed E-state index contributed by atoms with van der Waals surface area (Å²) in [5, 5.41) is 0. The van der Waals surface area contributed by atoms with E-state index in [0.717, 1.165) is 12.0 Å². The fourth-order valence-electron chi connectivity index (χ4n) is 2.10. The molecule has 0 saturated carbocycles. The van der Waals surface area contributed by atoms with Crippen molar-refractivity contribution in [3.8, 4) is 0 Å². The lowest BCUT2D eigenvalue weighted by Crippen LogP contribution is -2.01. The number of rotatable bonds is 5. The standard InChI is InChI=1S/C18H20O/c1-14(2)16-11-8-15(9-12-16)10-13-18(19)17-6-4-3-5-7-17/h3-9,11-12,14H,10,13H2,1-2H3. The molecule has 0 fully saturated rings. The predicted octanol–water partition coefficient (Wildman–Crippen LogP) is 4.63. The number of carbonyl (C=O) groups is 1. The first kappa shape index (κ1) is 13.5. The van der Waals surface area contributed by atoms with Crippen LogP contribution in [-0.2, 0) is 6.42 Å². The molecule has 0 heterocycles. The minimum absolute atomic E-state index is 0.216. The predicted molar refractivity (Wildman–Crippen MR) is 79.6 cm³/mol. The second kappa shape index (κ2) is 6.33. The Balaban J connectivity index is 1.94. The molecule has 2 rings (SSSR count). The third kappa shape index (κ3) is 3.78. The maximum atomic E-state index is 12.0. The van der Waals surface area contributed by atoms with Gasteiger partial charge in [-0.25, -0.2) is 0 Å². The van der Waals surface area contributed by atoms with Gasteiger partial charge in [-0.2, -0.15) is 0 Å². The van der Waals surface area contributed by atoms with E-state index >= 15 is 0 Å². The molecule has 0 spiro atoms. The number of benzene rings is 2. The molecule has 0 radical (unpaired) electrons. The van der Waals surface area contributed by atoms with Gasteiger partial charge in [0.25, 0.3) is 0 Å². The van der Waals surface area contributed by atoms with Gasteiger partial charge in [0.1, 0.15) is 0 Å². The molecule has 19 heavy (non-hydrogen) atoms. The third-order valence-electron chi connectivity index (χ3n) is 3.38. The first-order valence-electron chi connectivity index (χ1n) is 6.84. The maximum Gasteiger partial charge on any atom is 0.163 e. The molecule has 0 bridgehead atoms. The van der Waals surface area contributed by atoms with Crippen molar-refractivity contribution < 1.29 is 4.79 Å². The van der Waals surface area contributed by atoms with Gasteiger partial charge in [0.2, 0.25) is 0 Å². The highest BCUT2D eigenvalue weighted by Crippen LogP contribution is 2.16. The van der Waals surface area contributed by atoms with Gasteiger partial charge in [0, 0.05) is 12.0 Å². The summed E-state index contributed by atoms with van der Waals surface area (Å²) in [5.74, 6) is 0.772. The van der Waals surface area contributed by atoms with Gasteiger partial charge in [-0.15, -0.1) is 0 Å². The summed E-state index contributed by atoms with van der Waals surface area (Å²) >= 11 is 0. The van der Waals surface area contributed by atoms with Crippen LogP contribution in [0.4, 0.5) is 0 Å². The van der Waals surface area contributed by atoms with Gasteiger partial charge >= 0.3 is 0 Å². The van der Waals surface area contributed by atoms with Gasteiger partial charge in [-0.05, 0) is 23.5 Å². The molecular formula is C18H20O. The Morgan fingerprint density at radius 1 is 0.947 bits per heavy atom. The van der Waals surface area contributed by atoms with Crippen molar-refractivity contribution in [1.29, 1.82) is 0 Å². The van der Waals surface area contributed by atoms with E-state index in [2.05, 4.69) is 38.1 Å². The zero-order valence-electron chi connectivity index (χ0n) is 11.6. The van der Waals surface area contributed by atoms with E-state index < -0.39 is 0 Å². The Labute approximate surface area is 115 Å². The largest absolute Gasteiger partial charge is 0.294 e. The quantitative estimate of drug-likeness (QED) is 0.709. The number of aryl methyl sites for hydroxylation is 1. The highest BCUT2D eigenvalue weighted by Gasteiger charge is 2.05. The highest BCUT2D eigenvalue weighted by molar-refractivity contribution is 5.96. The smallest absolute Gasteiger partial charge is 0.163 e. The van der Waals surface area contributed by atoms with Crippen molar-refractivity contribution >= 4 is 5.78 Å². The summed E-state index contributed by atoms with van der Waals surface area (Å²) in [7, 11) is 0. The zero-order chi connectivity index (χ0) is 13.7. The summed E-state index contributed by atoms with van der Waals surface area (Å²) in [6.07, 6.45) is 1.39. The highest BCUT2D eigenvalue weighted by atomic mass is 16.1. The van der Waals surface area contributed by atoms with E-state index in [9.17, 15) is 4.79 Å². The molecule has 98 valence electrons. The van der Waals surface area contributed by atoms with Crippen LogP contribution in [0.25, 0.3) is 0 Å². The van der Waals surface area contributed by atoms with Crippen LogP contribution in [0.15, 0.2) is 54.6 Å². The lowest BCUT2D eigenvalue weighted by atomic mass is 9.98. The van der Waals surface area contributed by atoms with Gasteiger partial charge < -0.3 is 0 Å². The molecule has 0 aliphatic carbocycles. The molecule has 0 aromatic heterocycles. The molecule has 1 heteroatoms. The van der Waals surface area contributed by atoms with E-state index in [1.165, 1.54) is 11.1 Å². The molecule has 2 aromatic carbocycles. The van der Waals surface area contributed by atoms with Crippen LogP contribution in [0, 0.1) is 0 Å². The minimum Gasteiger partial charge on any atom is -0.294 e. The lowest BCUT2D eigenvalue weighted by Gasteiger charge is -2.06. The van der Waals surface area contributed by atoms with Crippen molar-refractivity contribution in [3.05, 3.63) is 71.3 Å². The van der Waals surface area contributed by atoms with Crippen LogP contribution in [0.3, 0.4) is 0 Å². The molecular weight excluding hydrogens is 232 g/mol. The van der Waals surface area contributed by atoms with Crippen LogP contribution in [0.2, 0.25) is 0 Å². The van der Waals surface area contributed by atoms with Crippen molar-refractivity contribution in [2.45, 2.75) is 32.6 Å². The van der Waals surface area contributed by atoms with E-state index in [4.69, 9.17) is 0 Å². The van der Waals surface area contributed by atoms with E-state index in [1.54, 1.807) is 0 Å². The number of hydrogen-bond donors (Lipinski definition) is 0. The average molecular weight is 252 g/mol. The monoisotopic (exact) mass is 252 g/mol. The first-order chi connectivity index (χ1) is 9.16. The molecule has 0 saturated heterocycles. The summed E-state index contributed by atoms with van der Waals surface area (Å²) in [6.45, 7) is 4.38. The molecule has 1 nitrogen and oxygen atoms in total. The Bertz CT molecular complexity index is 523. The first-order valence-corrected chi connectivity index (χ1v) is 6.84. The van der Waals surface area contributed by atoms with Gasteiger partial charge in [0.05, 0.1) is 0 Å². The normalized spacial score (nSPS) is 10.7. The topological polar surface area (TPSA) is 17.1 Å². The van der Waals surface area contributed by atoms with Gasteiger partial charge in [-0.3, -0.25) is 4.79 Å². The van der Waals surface area contributed by atoms with Crippen LogP contribution >= 0.6 is 0 Å². The Kier molecular flexibility index (Phi) is 4.51. The summed E-state index contributed by atoms with van der Waals surface area (Å²) in [4.78, 5) is 12.0. The fourth-order valence-corrected chi connectivity index (χ4v) is 2.10. The lowest BCUT2D eigenvalue weighted by molar-refractivity contribution is 0.0983. The number of carbonyl (C=O) groups excluding carboxylic acids is 1.